The van der Waals surface area contributed by atoms with E-state index in [1.54, 1.807) is 37.3 Å². The Morgan fingerprint density at radius 3 is 2.31 bits per heavy atom. The monoisotopic (exact) mass is 360 g/mol. The zero-order valence-corrected chi connectivity index (χ0v) is 14.8. The van der Waals surface area contributed by atoms with Gasteiger partial charge >= 0.3 is 0 Å². The minimum Gasteiger partial charge on any atom is -0.357 e. The van der Waals surface area contributed by atoms with Gasteiger partial charge in [0.15, 0.2) is 0 Å². The molecule has 0 fully saturated rings. The van der Waals surface area contributed by atoms with Gasteiger partial charge in [0, 0.05) is 13.6 Å². The lowest BCUT2D eigenvalue weighted by Crippen LogP contribution is -2.48. The molecule has 0 aliphatic heterocycles. The van der Waals surface area contributed by atoms with E-state index in [0.29, 0.717) is 12.0 Å². The Balaban J connectivity index is 2.29. The molecule has 0 bridgehead atoms. The van der Waals surface area contributed by atoms with Crippen molar-refractivity contribution in [1.82, 2.24) is 10.2 Å². The molecule has 1 N–H and O–H groups in total. The van der Waals surface area contributed by atoms with Crippen LogP contribution in [0.3, 0.4) is 0 Å². The number of hydrogen-bond donors (Lipinski definition) is 1. The summed E-state index contributed by atoms with van der Waals surface area (Å²) in [5.41, 5.74) is 0.962. The van der Waals surface area contributed by atoms with Crippen molar-refractivity contribution in [1.29, 1.82) is 0 Å². The highest BCUT2D eigenvalue weighted by Gasteiger charge is 2.28. The SMILES string of the molecule is CC[C@@H](C(=O)NC)N(Cc1ccc(F)cc1)C(=O)Cc1ccccc1F. The highest BCUT2D eigenvalue weighted by molar-refractivity contribution is 5.88. The maximum Gasteiger partial charge on any atom is 0.242 e. The Morgan fingerprint density at radius 2 is 1.73 bits per heavy atom. The normalized spacial score (nSPS) is 11.7. The van der Waals surface area contributed by atoms with Gasteiger partial charge in [-0.25, -0.2) is 8.78 Å². The maximum atomic E-state index is 13.9. The van der Waals surface area contributed by atoms with Crippen LogP contribution >= 0.6 is 0 Å². The molecule has 0 saturated carbocycles. The average Bonchev–Trinajstić information content (AvgIpc) is 2.64. The van der Waals surface area contributed by atoms with E-state index in [9.17, 15) is 18.4 Å². The molecule has 0 unspecified atom stereocenters. The van der Waals surface area contributed by atoms with E-state index in [1.807, 2.05) is 0 Å². The Kier molecular flexibility index (Phi) is 6.83. The van der Waals surface area contributed by atoms with Crippen LogP contribution in [-0.4, -0.2) is 29.8 Å². The van der Waals surface area contributed by atoms with Gasteiger partial charge in [-0.2, -0.15) is 0 Å². The lowest BCUT2D eigenvalue weighted by atomic mass is 10.1. The first-order chi connectivity index (χ1) is 12.5. The van der Waals surface area contributed by atoms with Gasteiger partial charge in [-0.3, -0.25) is 9.59 Å². The number of carbonyl (C=O) groups excluding carboxylic acids is 2. The summed E-state index contributed by atoms with van der Waals surface area (Å²) in [6.07, 6.45) is 0.255. The Morgan fingerprint density at radius 1 is 1.08 bits per heavy atom. The molecule has 0 spiro atoms. The number of nitrogens with one attached hydrogen (secondary N) is 1. The van der Waals surface area contributed by atoms with Gasteiger partial charge in [0.1, 0.15) is 17.7 Å². The summed E-state index contributed by atoms with van der Waals surface area (Å²) in [4.78, 5) is 26.5. The molecule has 0 aliphatic carbocycles. The van der Waals surface area contributed by atoms with Gasteiger partial charge in [0.25, 0.3) is 0 Å². The lowest BCUT2D eigenvalue weighted by Gasteiger charge is -2.30. The largest absolute Gasteiger partial charge is 0.357 e. The number of benzene rings is 2. The number of likely N-dealkylation sites (N-methyl/N-ethyl adjacent to an activating group) is 1. The topological polar surface area (TPSA) is 49.4 Å². The van der Waals surface area contributed by atoms with Crippen molar-refractivity contribution >= 4 is 11.8 Å². The zero-order valence-electron chi connectivity index (χ0n) is 14.8. The van der Waals surface area contributed by atoms with E-state index in [4.69, 9.17) is 0 Å². The van der Waals surface area contributed by atoms with Crippen LogP contribution in [0.2, 0.25) is 0 Å². The minimum atomic E-state index is -0.690. The molecular formula is C20H22F2N2O2. The molecule has 1 atom stereocenters. The Labute approximate surface area is 151 Å². The third kappa shape index (κ3) is 4.88. The summed E-state index contributed by atoms with van der Waals surface area (Å²) in [5, 5.41) is 2.55. The molecule has 26 heavy (non-hydrogen) atoms. The molecule has 0 aromatic heterocycles. The van der Waals surface area contributed by atoms with Crippen LogP contribution in [-0.2, 0) is 22.6 Å². The molecule has 6 heteroatoms. The second kappa shape index (κ2) is 9.08. The number of carbonyl (C=O) groups is 2. The molecule has 2 amide bonds. The molecule has 0 heterocycles. The second-order valence-corrected chi connectivity index (χ2v) is 5.95. The number of rotatable bonds is 7. The van der Waals surface area contributed by atoms with Gasteiger partial charge in [-0.05, 0) is 35.7 Å². The predicted molar refractivity (Wildman–Crippen MR) is 95.2 cm³/mol. The van der Waals surface area contributed by atoms with E-state index in [0.717, 1.165) is 0 Å². The summed E-state index contributed by atoms with van der Waals surface area (Å²) >= 11 is 0. The highest BCUT2D eigenvalue weighted by atomic mass is 19.1. The maximum absolute atomic E-state index is 13.9. The molecule has 0 aliphatic rings. The summed E-state index contributed by atoms with van der Waals surface area (Å²) in [6.45, 7) is 1.94. The predicted octanol–water partition coefficient (Wildman–Crippen LogP) is 3.06. The van der Waals surface area contributed by atoms with Crippen LogP contribution in [0.5, 0.6) is 0 Å². The standard InChI is InChI=1S/C20H22F2N2O2/c1-3-18(20(26)23-2)24(13-14-8-10-16(21)11-9-14)19(25)12-15-6-4-5-7-17(15)22/h4-11,18H,3,12-13H2,1-2H3,(H,23,26)/t18-/m0/s1. The van der Waals surface area contributed by atoms with Crippen LogP contribution in [0.25, 0.3) is 0 Å². The molecule has 138 valence electrons. The lowest BCUT2D eigenvalue weighted by molar-refractivity contribution is -0.140. The van der Waals surface area contributed by atoms with Crippen molar-refractivity contribution in [3.63, 3.8) is 0 Å². The van der Waals surface area contributed by atoms with Gasteiger partial charge in [-0.1, -0.05) is 37.3 Å². The van der Waals surface area contributed by atoms with Gasteiger partial charge in [0.2, 0.25) is 11.8 Å². The van der Waals surface area contributed by atoms with E-state index < -0.39 is 11.9 Å². The molecule has 4 nitrogen and oxygen atoms in total. The fraction of sp³-hybridized carbons (Fsp3) is 0.300. The first-order valence-corrected chi connectivity index (χ1v) is 8.45. The van der Waals surface area contributed by atoms with Gasteiger partial charge < -0.3 is 10.2 Å². The number of amides is 2. The van der Waals surface area contributed by atoms with Crippen LogP contribution in [0.1, 0.15) is 24.5 Å². The molecule has 2 rings (SSSR count). The number of hydrogen-bond acceptors (Lipinski definition) is 2. The smallest absolute Gasteiger partial charge is 0.242 e. The molecule has 0 saturated heterocycles. The molecular weight excluding hydrogens is 338 g/mol. The second-order valence-electron chi connectivity index (χ2n) is 5.95. The van der Waals surface area contributed by atoms with E-state index >= 15 is 0 Å². The number of halogens is 2. The van der Waals surface area contributed by atoms with E-state index in [1.165, 1.54) is 30.1 Å². The minimum absolute atomic E-state index is 0.138. The third-order valence-corrected chi connectivity index (χ3v) is 4.20. The zero-order chi connectivity index (χ0) is 19.1. The van der Waals surface area contributed by atoms with E-state index in [2.05, 4.69) is 5.32 Å². The van der Waals surface area contributed by atoms with Gasteiger partial charge in [-0.15, -0.1) is 0 Å². The summed E-state index contributed by atoms with van der Waals surface area (Å²) in [6, 6.07) is 11.1. The highest BCUT2D eigenvalue weighted by Crippen LogP contribution is 2.16. The van der Waals surface area contributed by atoms with Crippen molar-refractivity contribution in [2.24, 2.45) is 0 Å². The molecule has 0 radical (unpaired) electrons. The Bertz CT molecular complexity index is 763. The number of nitrogens with zero attached hydrogens (tertiary/aromatic N) is 1. The van der Waals surface area contributed by atoms with Crippen molar-refractivity contribution in [3.05, 3.63) is 71.3 Å². The summed E-state index contributed by atoms with van der Waals surface area (Å²) in [7, 11) is 1.50. The Hall–Kier alpha value is -2.76. The summed E-state index contributed by atoms with van der Waals surface area (Å²) in [5.74, 6) is -1.50. The fourth-order valence-electron chi connectivity index (χ4n) is 2.78. The van der Waals surface area contributed by atoms with Crippen LogP contribution in [0, 0.1) is 11.6 Å². The third-order valence-electron chi connectivity index (χ3n) is 4.20. The van der Waals surface area contributed by atoms with E-state index in [-0.39, 0.29) is 36.2 Å². The first-order valence-electron chi connectivity index (χ1n) is 8.45. The van der Waals surface area contributed by atoms with Crippen LogP contribution in [0.15, 0.2) is 48.5 Å². The van der Waals surface area contributed by atoms with Crippen molar-refractivity contribution in [3.8, 4) is 0 Å². The van der Waals surface area contributed by atoms with Crippen molar-refractivity contribution < 1.29 is 18.4 Å². The quantitative estimate of drug-likeness (QED) is 0.825. The first kappa shape index (κ1) is 19.6. The van der Waals surface area contributed by atoms with Crippen LogP contribution in [0.4, 0.5) is 8.78 Å². The van der Waals surface area contributed by atoms with Gasteiger partial charge in [0.05, 0.1) is 6.42 Å². The van der Waals surface area contributed by atoms with Crippen molar-refractivity contribution in [2.75, 3.05) is 7.05 Å². The molecule has 2 aromatic carbocycles. The average molecular weight is 360 g/mol. The molecule has 2 aromatic rings. The van der Waals surface area contributed by atoms with Crippen LogP contribution < -0.4 is 5.32 Å². The summed E-state index contributed by atoms with van der Waals surface area (Å²) < 4.78 is 27.0. The van der Waals surface area contributed by atoms with Crippen molar-refractivity contribution in [2.45, 2.75) is 32.4 Å². The fourth-order valence-corrected chi connectivity index (χ4v) is 2.78.